The summed E-state index contributed by atoms with van der Waals surface area (Å²) in [5.41, 5.74) is 8.43. The molecule has 3 rings (SSSR count). The van der Waals surface area contributed by atoms with Crippen LogP contribution in [-0.4, -0.2) is 27.8 Å². The van der Waals surface area contributed by atoms with E-state index in [0.717, 1.165) is 30.8 Å². The van der Waals surface area contributed by atoms with Crippen LogP contribution < -0.4 is 5.73 Å². The number of ether oxygens (including phenoxy) is 1. The number of nitrogens with zero attached hydrogens (tertiary/aromatic N) is 3. The van der Waals surface area contributed by atoms with E-state index in [1.54, 1.807) is 10.7 Å². The summed E-state index contributed by atoms with van der Waals surface area (Å²) in [6.45, 7) is 1.57. The highest BCUT2D eigenvalue weighted by molar-refractivity contribution is 5.67. The van der Waals surface area contributed by atoms with Crippen LogP contribution in [0.2, 0.25) is 0 Å². The van der Waals surface area contributed by atoms with Gasteiger partial charge >= 0.3 is 0 Å². The molecule has 0 spiro atoms. The fourth-order valence-electron chi connectivity index (χ4n) is 2.18. The first-order valence-corrected chi connectivity index (χ1v) is 5.53. The lowest BCUT2D eigenvalue weighted by Gasteiger charge is -2.20. The minimum atomic E-state index is 0.315. The number of anilines is 1. The van der Waals surface area contributed by atoms with Crippen molar-refractivity contribution in [3.63, 3.8) is 0 Å². The Bertz CT molecular complexity index is 502. The van der Waals surface area contributed by atoms with Gasteiger partial charge in [-0.2, -0.15) is 5.10 Å². The fraction of sp³-hybridized carbons (Fsp3) is 0.455. The normalized spacial score (nSPS) is 21.4. The van der Waals surface area contributed by atoms with Crippen LogP contribution in [0.4, 0.5) is 5.69 Å². The first kappa shape index (κ1) is 9.59. The number of hydrogen-bond acceptors (Lipinski definition) is 4. The van der Waals surface area contributed by atoms with E-state index >= 15 is 0 Å². The van der Waals surface area contributed by atoms with Crippen LogP contribution in [0.1, 0.15) is 24.5 Å². The van der Waals surface area contributed by atoms with Gasteiger partial charge in [0.2, 0.25) is 0 Å². The Labute approximate surface area is 93.2 Å². The Morgan fingerprint density at radius 2 is 2.44 bits per heavy atom. The maximum absolute atomic E-state index is 6.07. The van der Waals surface area contributed by atoms with Crippen molar-refractivity contribution < 1.29 is 4.74 Å². The van der Waals surface area contributed by atoms with Gasteiger partial charge < -0.3 is 10.5 Å². The summed E-state index contributed by atoms with van der Waals surface area (Å²) in [5.74, 6) is 0.315. The minimum Gasteiger partial charge on any atom is -0.394 e. The third-order valence-electron chi connectivity index (χ3n) is 3.01. The molecule has 1 aliphatic rings. The van der Waals surface area contributed by atoms with E-state index in [1.165, 1.54) is 0 Å². The molecule has 3 heterocycles. The number of nitrogens with two attached hydrogens (primary N) is 1. The van der Waals surface area contributed by atoms with Gasteiger partial charge in [0.25, 0.3) is 0 Å². The molecular formula is C11H14N4O. The van der Waals surface area contributed by atoms with E-state index in [4.69, 9.17) is 10.5 Å². The van der Waals surface area contributed by atoms with Crippen LogP contribution >= 0.6 is 0 Å². The number of hydrogen-bond donors (Lipinski definition) is 1. The van der Waals surface area contributed by atoms with Gasteiger partial charge in [0.05, 0.1) is 12.3 Å². The summed E-state index contributed by atoms with van der Waals surface area (Å²) < 4.78 is 7.20. The van der Waals surface area contributed by atoms with Gasteiger partial charge in [0.1, 0.15) is 5.69 Å². The first-order chi connectivity index (χ1) is 7.86. The molecule has 5 heteroatoms. The molecule has 2 aromatic rings. The van der Waals surface area contributed by atoms with Crippen molar-refractivity contribution >= 4 is 11.3 Å². The predicted octanol–water partition coefficient (Wildman–Crippen LogP) is 1.21. The van der Waals surface area contributed by atoms with Crippen LogP contribution in [-0.2, 0) is 4.74 Å². The lowest BCUT2D eigenvalue weighted by atomic mass is 9.98. The quantitative estimate of drug-likeness (QED) is 0.781. The second kappa shape index (κ2) is 3.75. The van der Waals surface area contributed by atoms with Crippen molar-refractivity contribution in [2.45, 2.75) is 18.8 Å². The van der Waals surface area contributed by atoms with E-state index < -0.39 is 0 Å². The molecule has 0 aromatic carbocycles. The summed E-state index contributed by atoms with van der Waals surface area (Å²) in [6.07, 6.45) is 5.76. The molecule has 2 N–H and O–H groups in total. The third-order valence-corrected chi connectivity index (χ3v) is 3.01. The second-order valence-electron chi connectivity index (χ2n) is 4.10. The highest BCUT2D eigenvalue weighted by Gasteiger charge is 2.22. The zero-order chi connectivity index (χ0) is 11.0. The Balaban J connectivity index is 2.05. The van der Waals surface area contributed by atoms with E-state index in [-0.39, 0.29) is 0 Å². The van der Waals surface area contributed by atoms with E-state index in [9.17, 15) is 0 Å². The van der Waals surface area contributed by atoms with Crippen LogP contribution in [0.5, 0.6) is 0 Å². The first-order valence-electron chi connectivity index (χ1n) is 5.53. The topological polar surface area (TPSA) is 65.4 Å². The largest absolute Gasteiger partial charge is 0.394 e. The average molecular weight is 218 g/mol. The monoisotopic (exact) mass is 218 g/mol. The number of nitrogen functional groups attached to an aromatic ring is 1. The van der Waals surface area contributed by atoms with Crippen LogP contribution in [0.3, 0.4) is 0 Å². The highest BCUT2D eigenvalue weighted by Crippen LogP contribution is 2.30. The Kier molecular flexibility index (Phi) is 2.25. The molecule has 0 aliphatic carbocycles. The Morgan fingerprint density at radius 3 is 3.19 bits per heavy atom. The van der Waals surface area contributed by atoms with Crippen LogP contribution in [0.15, 0.2) is 18.5 Å². The molecule has 1 atom stereocenters. The van der Waals surface area contributed by atoms with E-state index in [0.29, 0.717) is 18.2 Å². The summed E-state index contributed by atoms with van der Waals surface area (Å²) >= 11 is 0. The average Bonchev–Trinajstić information content (AvgIpc) is 2.69. The third kappa shape index (κ3) is 1.44. The number of aromatic nitrogens is 3. The summed E-state index contributed by atoms with van der Waals surface area (Å²) in [4.78, 5) is 4.23. The number of fused-ring (bicyclic) bond motifs is 1. The molecule has 2 aromatic heterocycles. The molecule has 0 radical (unpaired) electrons. The maximum atomic E-state index is 6.07. The zero-order valence-electron chi connectivity index (χ0n) is 8.97. The van der Waals surface area contributed by atoms with E-state index in [2.05, 4.69) is 10.1 Å². The smallest absolute Gasteiger partial charge is 0.178 e. The van der Waals surface area contributed by atoms with Crippen molar-refractivity contribution in [2.75, 3.05) is 18.9 Å². The van der Waals surface area contributed by atoms with Crippen LogP contribution in [0.25, 0.3) is 5.65 Å². The molecule has 1 saturated heterocycles. The minimum absolute atomic E-state index is 0.315. The summed E-state index contributed by atoms with van der Waals surface area (Å²) in [7, 11) is 0. The van der Waals surface area contributed by atoms with E-state index in [1.807, 2.05) is 12.3 Å². The molecule has 0 bridgehead atoms. The van der Waals surface area contributed by atoms with Gasteiger partial charge in [-0.05, 0) is 18.9 Å². The van der Waals surface area contributed by atoms with Gasteiger partial charge in [0, 0.05) is 24.9 Å². The standard InChI is InChI=1S/C11H14N4O/c12-9-10(8-3-1-6-16-7-8)14-15-5-2-4-13-11(9)15/h2,4-5,8H,1,3,6-7,12H2. The van der Waals surface area contributed by atoms with Crippen molar-refractivity contribution in [2.24, 2.45) is 0 Å². The van der Waals surface area contributed by atoms with Crippen LogP contribution in [0, 0.1) is 0 Å². The molecule has 1 fully saturated rings. The number of rotatable bonds is 1. The molecule has 84 valence electrons. The molecular weight excluding hydrogens is 204 g/mol. The van der Waals surface area contributed by atoms with Gasteiger partial charge in [-0.3, -0.25) is 0 Å². The lowest BCUT2D eigenvalue weighted by molar-refractivity contribution is 0.0794. The van der Waals surface area contributed by atoms with Crippen molar-refractivity contribution in [3.05, 3.63) is 24.2 Å². The van der Waals surface area contributed by atoms with Gasteiger partial charge in [-0.1, -0.05) is 0 Å². The van der Waals surface area contributed by atoms with Crippen molar-refractivity contribution in [3.8, 4) is 0 Å². The highest BCUT2D eigenvalue weighted by atomic mass is 16.5. The molecule has 0 saturated carbocycles. The SMILES string of the molecule is Nc1c(C2CCCOC2)nn2cccnc12. The van der Waals surface area contributed by atoms with Gasteiger partial charge in [0.15, 0.2) is 5.65 Å². The maximum Gasteiger partial charge on any atom is 0.178 e. The molecule has 0 amide bonds. The summed E-state index contributed by atoms with van der Waals surface area (Å²) in [6, 6.07) is 1.85. The van der Waals surface area contributed by atoms with Crippen molar-refractivity contribution in [1.29, 1.82) is 0 Å². The molecule has 5 nitrogen and oxygen atoms in total. The fourth-order valence-corrected chi connectivity index (χ4v) is 2.18. The van der Waals surface area contributed by atoms with Crippen molar-refractivity contribution in [1.82, 2.24) is 14.6 Å². The summed E-state index contributed by atoms with van der Waals surface area (Å²) in [5, 5.41) is 4.49. The molecule has 1 aliphatic heterocycles. The lowest BCUT2D eigenvalue weighted by Crippen LogP contribution is -2.16. The zero-order valence-corrected chi connectivity index (χ0v) is 8.97. The second-order valence-corrected chi connectivity index (χ2v) is 4.10. The Morgan fingerprint density at radius 1 is 1.50 bits per heavy atom. The Hall–Kier alpha value is -1.62. The van der Waals surface area contributed by atoms with Gasteiger partial charge in [-0.25, -0.2) is 9.50 Å². The molecule has 1 unspecified atom stereocenters. The van der Waals surface area contributed by atoms with Gasteiger partial charge in [-0.15, -0.1) is 0 Å². The predicted molar refractivity (Wildman–Crippen MR) is 60.2 cm³/mol. The molecule has 16 heavy (non-hydrogen) atoms.